The van der Waals surface area contributed by atoms with Crippen LogP contribution in [-0.2, 0) is 15.8 Å². The summed E-state index contributed by atoms with van der Waals surface area (Å²) in [6.45, 7) is 4.80. The van der Waals surface area contributed by atoms with Crippen LogP contribution in [0.4, 0.5) is 0 Å². The Morgan fingerprint density at radius 3 is 2.03 bits per heavy atom. The first-order valence-corrected chi connectivity index (χ1v) is 41.0. The summed E-state index contributed by atoms with van der Waals surface area (Å²) >= 11 is -5.71. The van der Waals surface area contributed by atoms with Gasteiger partial charge in [0.25, 0.3) is 0 Å². The molecule has 0 saturated heterocycles. The summed E-state index contributed by atoms with van der Waals surface area (Å²) in [4.78, 5) is 0. The molecule has 163 valence electrons. The summed E-state index contributed by atoms with van der Waals surface area (Å²) in [6, 6.07) is 13.7. The molecule has 2 aromatic carbocycles. The average molecular weight is 570 g/mol. The van der Waals surface area contributed by atoms with Gasteiger partial charge in [-0.2, -0.15) is 0 Å². The van der Waals surface area contributed by atoms with Gasteiger partial charge in [-0.1, -0.05) is 0 Å². The Kier molecular flexibility index (Phi) is 2.84. The van der Waals surface area contributed by atoms with Gasteiger partial charge < -0.3 is 0 Å². The first-order valence-electron chi connectivity index (χ1n) is 12.0. The first-order chi connectivity index (χ1) is 13.1. The maximum atomic E-state index is 2.73. The molecule has 0 saturated carbocycles. The molecular formula is C29H43Hf. The molecule has 1 heteroatoms. The zero-order chi connectivity index (χ0) is 22.5. The average Bonchev–Trinajstić information content (AvgIpc) is 3.23. The van der Waals surface area contributed by atoms with Crippen molar-refractivity contribution in [3.8, 4) is 0 Å². The van der Waals surface area contributed by atoms with E-state index in [2.05, 4.69) is 119 Å². The molecular weight excluding hydrogens is 527 g/mol. The van der Waals surface area contributed by atoms with Crippen LogP contribution in [0, 0.1) is 5.92 Å². The monoisotopic (exact) mass is 571 g/mol. The summed E-state index contributed by atoms with van der Waals surface area (Å²) in [7, 11) is 0. The summed E-state index contributed by atoms with van der Waals surface area (Å²) in [5.74, 6) is 0.577. The van der Waals surface area contributed by atoms with Gasteiger partial charge in [-0.05, 0) is 0 Å². The molecule has 0 heterocycles. The van der Waals surface area contributed by atoms with Gasteiger partial charge in [-0.15, -0.1) is 0 Å². The van der Waals surface area contributed by atoms with Crippen LogP contribution in [-0.4, -0.2) is 0 Å². The van der Waals surface area contributed by atoms with E-state index >= 15 is 0 Å². The van der Waals surface area contributed by atoms with Crippen molar-refractivity contribution in [2.45, 2.75) is 59.9 Å². The Hall–Kier alpha value is -1.21. The van der Waals surface area contributed by atoms with Gasteiger partial charge >= 0.3 is 173 Å². The summed E-state index contributed by atoms with van der Waals surface area (Å²) < 4.78 is 19.4. The second-order valence-corrected chi connectivity index (χ2v) is 131. The fourth-order valence-corrected chi connectivity index (χ4v) is 40.6. The zero-order valence-corrected chi connectivity index (χ0v) is 24.4. The van der Waals surface area contributed by atoms with E-state index in [-0.39, 0.29) is 3.17 Å². The van der Waals surface area contributed by atoms with Crippen molar-refractivity contribution in [3.05, 3.63) is 77.9 Å². The van der Waals surface area contributed by atoms with Crippen LogP contribution in [0.25, 0.3) is 16.8 Å². The topological polar surface area (TPSA) is 0 Å². The molecule has 0 bridgehead atoms. The number of hydrogen-bond donors (Lipinski definition) is 0. The van der Waals surface area contributed by atoms with Gasteiger partial charge in [-0.3, -0.25) is 0 Å². The molecule has 2 aliphatic carbocycles. The Morgan fingerprint density at radius 1 is 0.833 bits per heavy atom. The molecule has 2 aromatic rings. The molecule has 4 rings (SSSR count). The van der Waals surface area contributed by atoms with Gasteiger partial charge in [0.2, 0.25) is 0 Å². The summed E-state index contributed by atoms with van der Waals surface area (Å²) in [5, 5.41) is 2.77. The van der Waals surface area contributed by atoms with Crippen LogP contribution >= 0.6 is 0 Å². The molecule has 1 unspecified atom stereocenters. The van der Waals surface area contributed by atoms with Crippen LogP contribution in [0.15, 0.2) is 66.8 Å². The van der Waals surface area contributed by atoms with Crippen molar-refractivity contribution >= 4 is 16.8 Å². The quantitative estimate of drug-likeness (QED) is 0.321. The molecule has 0 aromatic heterocycles. The Bertz CT molecular complexity index is 1230. The van der Waals surface area contributed by atoms with Gasteiger partial charge in [0, 0.05) is 0 Å². The fourth-order valence-electron chi connectivity index (χ4n) is 7.58. The Morgan fingerprint density at radius 2 is 1.43 bits per heavy atom. The molecule has 0 N–H and O–H groups in total. The molecule has 1 atom stereocenters. The van der Waals surface area contributed by atoms with E-state index in [0.29, 0.717) is 9.59 Å². The molecule has 0 aliphatic heterocycles. The van der Waals surface area contributed by atoms with Crippen LogP contribution in [0.1, 0.15) is 31.4 Å². The normalized spacial score (nSPS) is 28.4. The predicted molar refractivity (Wildman–Crippen MR) is 137 cm³/mol. The number of allylic oxidation sites excluding steroid dienone is 5. The Labute approximate surface area is 172 Å². The maximum absolute atomic E-state index is 5.71. The second kappa shape index (κ2) is 3.87. The van der Waals surface area contributed by atoms with Crippen LogP contribution in [0.5, 0.6) is 0 Å². The van der Waals surface area contributed by atoms with Crippen molar-refractivity contribution in [2.75, 3.05) is 0 Å². The van der Waals surface area contributed by atoms with Gasteiger partial charge in [0.05, 0.1) is 0 Å². The van der Waals surface area contributed by atoms with Gasteiger partial charge in [-0.25, -0.2) is 0 Å². The van der Waals surface area contributed by atoms with Crippen molar-refractivity contribution in [2.24, 2.45) is 5.92 Å². The van der Waals surface area contributed by atoms with E-state index < -0.39 is 12.6 Å². The standard InChI is InChI=1S/C17H17.C5H5.7CH3.Hf/c1-12(2)11-15-10-9-14-8-7-13-5-3-4-6-16(13)17(14)15;1-2-4-5-3-1;;;;;;;;/h3-10,12H,11H2,1-2H3;1-5H;7*1H3;. The molecule has 30 heavy (non-hydrogen) atoms. The minimum absolute atomic E-state index is 0.0877. The third-order valence-electron chi connectivity index (χ3n) is 10.3. The SMILES string of the molecule is CC(C)C[C]1([Hf]([CH3])([CH3])([CH3])([CH3])([CH3])([CH3])([CH3])[CH]2C=CC=C2)C=Cc2ccc3ccccc3c21. The third-order valence-corrected chi connectivity index (χ3v) is 56.2. The molecule has 0 nitrogen and oxygen atoms in total. The van der Waals surface area contributed by atoms with E-state index in [1.54, 1.807) is 5.56 Å². The van der Waals surface area contributed by atoms with Crippen molar-refractivity contribution < 1.29 is 12.6 Å². The second-order valence-electron chi connectivity index (χ2n) is 21.4. The van der Waals surface area contributed by atoms with Crippen LogP contribution < -0.4 is 0 Å². The molecule has 0 spiro atoms. The van der Waals surface area contributed by atoms with E-state index in [4.69, 9.17) is 0 Å². The van der Waals surface area contributed by atoms with E-state index in [9.17, 15) is 0 Å². The first kappa shape index (κ1) is 22.0. The molecule has 2 aliphatic rings. The predicted octanol–water partition coefficient (Wildman–Crippen LogP) is 10.2. The van der Waals surface area contributed by atoms with E-state index in [1.807, 2.05) is 0 Å². The molecule has 0 radical (unpaired) electrons. The zero-order valence-electron chi connectivity index (χ0n) is 20.8. The Balaban J connectivity index is 2.35. The molecule has 0 fully saturated rings. The number of rotatable bonds is 4. The minimum atomic E-state index is -5.71. The van der Waals surface area contributed by atoms with Crippen LogP contribution in [0.3, 0.4) is 0 Å². The van der Waals surface area contributed by atoms with Crippen molar-refractivity contribution in [3.63, 3.8) is 0 Å². The fraction of sp³-hybridized carbons (Fsp3) is 0.448. The van der Waals surface area contributed by atoms with Gasteiger partial charge in [0.1, 0.15) is 0 Å². The van der Waals surface area contributed by atoms with Gasteiger partial charge in [0.15, 0.2) is 0 Å². The van der Waals surface area contributed by atoms with Crippen LogP contribution in [0.2, 0.25) is 36.4 Å². The number of fused-ring (bicyclic) bond motifs is 3. The van der Waals surface area contributed by atoms with Crippen molar-refractivity contribution in [1.29, 1.82) is 0 Å². The number of benzene rings is 2. The van der Waals surface area contributed by atoms with E-state index in [0.717, 1.165) is 6.42 Å². The third kappa shape index (κ3) is 2.37. The summed E-state index contributed by atoms with van der Waals surface area (Å²) in [6.07, 6.45) is 15.8. The molecule has 0 amide bonds. The number of hydrogen-bond acceptors (Lipinski definition) is 0. The van der Waals surface area contributed by atoms with E-state index in [1.165, 1.54) is 16.3 Å². The summed E-state index contributed by atoms with van der Waals surface area (Å²) in [5.41, 5.74) is 2.96. The van der Waals surface area contributed by atoms with Crippen molar-refractivity contribution in [1.82, 2.24) is 0 Å².